The summed E-state index contributed by atoms with van der Waals surface area (Å²) in [5.41, 5.74) is 7.09. The van der Waals surface area contributed by atoms with Gasteiger partial charge in [-0.1, -0.05) is 35.9 Å². The van der Waals surface area contributed by atoms with E-state index in [2.05, 4.69) is 39.7 Å². The van der Waals surface area contributed by atoms with Crippen molar-refractivity contribution in [1.29, 1.82) is 0 Å². The molecule has 0 aliphatic carbocycles. The van der Waals surface area contributed by atoms with Crippen molar-refractivity contribution in [2.45, 2.75) is 27.3 Å². The first-order chi connectivity index (χ1) is 15.4. The minimum absolute atomic E-state index is 0.175. The molecule has 2 aromatic carbocycles. The second-order valence-electron chi connectivity index (χ2n) is 7.92. The van der Waals surface area contributed by atoms with Crippen LogP contribution in [0.5, 0.6) is 0 Å². The molecule has 0 radical (unpaired) electrons. The van der Waals surface area contributed by atoms with Gasteiger partial charge in [0.15, 0.2) is 5.65 Å². The molecule has 0 unspecified atom stereocenters. The third kappa shape index (κ3) is 3.48. The van der Waals surface area contributed by atoms with E-state index in [-0.39, 0.29) is 12.5 Å². The van der Waals surface area contributed by atoms with E-state index in [4.69, 9.17) is 0 Å². The Labute approximate surface area is 188 Å². The molecular formula is C24H21N5O2S. The van der Waals surface area contributed by atoms with Crippen molar-refractivity contribution in [3.8, 4) is 11.1 Å². The van der Waals surface area contributed by atoms with Gasteiger partial charge in [0.25, 0.3) is 0 Å². The number of fused-ring (bicyclic) bond motifs is 3. The molecule has 0 bridgehead atoms. The van der Waals surface area contributed by atoms with E-state index in [1.807, 2.05) is 44.4 Å². The average molecular weight is 444 g/mol. The van der Waals surface area contributed by atoms with Gasteiger partial charge in [0.2, 0.25) is 5.91 Å². The second kappa shape index (κ2) is 7.72. The highest BCUT2D eigenvalue weighted by Crippen LogP contribution is 2.34. The largest absolute Gasteiger partial charge is 0.352 e. The number of rotatable bonds is 4. The maximum Gasteiger partial charge on any atom is 0.352 e. The zero-order valence-corrected chi connectivity index (χ0v) is 18.7. The molecule has 0 saturated heterocycles. The summed E-state index contributed by atoms with van der Waals surface area (Å²) in [5, 5.41) is 9.31. The SMILES string of the molecule is Cc1ccc(-c2csc3c2ncn2c(=O)n(CC(=O)Nc4ccc(C)c(C)c4)nc32)cc1. The molecule has 0 fully saturated rings. The Bertz CT molecular complexity index is 1540. The summed E-state index contributed by atoms with van der Waals surface area (Å²) in [6, 6.07) is 13.9. The molecule has 3 aromatic heterocycles. The summed E-state index contributed by atoms with van der Waals surface area (Å²) >= 11 is 1.49. The summed E-state index contributed by atoms with van der Waals surface area (Å²) in [6.07, 6.45) is 1.48. The van der Waals surface area contributed by atoms with Crippen molar-refractivity contribution in [2.24, 2.45) is 0 Å². The Morgan fingerprint density at radius 1 is 1.06 bits per heavy atom. The van der Waals surface area contributed by atoms with E-state index in [9.17, 15) is 9.59 Å². The van der Waals surface area contributed by atoms with Gasteiger partial charge in [0.05, 0.1) is 10.2 Å². The van der Waals surface area contributed by atoms with E-state index >= 15 is 0 Å². The third-order valence-electron chi connectivity index (χ3n) is 5.59. The van der Waals surface area contributed by atoms with E-state index in [1.54, 1.807) is 0 Å². The lowest BCUT2D eigenvalue weighted by Crippen LogP contribution is -2.28. The van der Waals surface area contributed by atoms with Crippen LogP contribution in [-0.2, 0) is 11.3 Å². The fraction of sp³-hybridized carbons (Fsp3) is 0.167. The predicted octanol–water partition coefficient (Wildman–Crippen LogP) is 4.34. The number of carbonyl (C=O) groups is 1. The topological polar surface area (TPSA) is 81.3 Å². The number of aryl methyl sites for hydroxylation is 3. The molecule has 0 aliphatic rings. The third-order valence-corrected chi connectivity index (χ3v) is 6.55. The quantitative estimate of drug-likeness (QED) is 0.448. The highest BCUT2D eigenvalue weighted by atomic mass is 32.1. The van der Waals surface area contributed by atoms with Crippen molar-refractivity contribution < 1.29 is 4.79 Å². The fourth-order valence-corrected chi connectivity index (χ4v) is 4.63. The van der Waals surface area contributed by atoms with E-state index < -0.39 is 5.69 Å². The zero-order valence-electron chi connectivity index (χ0n) is 17.9. The number of hydrogen-bond donors (Lipinski definition) is 1. The molecule has 0 saturated carbocycles. The molecule has 3 heterocycles. The Morgan fingerprint density at radius 3 is 2.59 bits per heavy atom. The molecule has 1 amide bonds. The van der Waals surface area contributed by atoms with Crippen LogP contribution in [0.2, 0.25) is 0 Å². The minimum Gasteiger partial charge on any atom is -0.324 e. The Hall–Kier alpha value is -3.78. The summed E-state index contributed by atoms with van der Waals surface area (Å²) in [7, 11) is 0. The number of thiophene rings is 1. The van der Waals surface area contributed by atoms with E-state index in [1.165, 1.54) is 32.3 Å². The van der Waals surface area contributed by atoms with E-state index in [0.29, 0.717) is 11.3 Å². The summed E-state index contributed by atoms with van der Waals surface area (Å²) in [6.45, 7) is 5.88. The fourth-order valence-electron chi connectivity index (χ4n) is 3.63. The smallest absolute Gasteiger partial charge is 0.324 e. The summed E-state index contributed by atoms with van der Waals surface area (Å²) in [4.78, 5) is 29.9. The molecule has 7 nitrogen and oxygen atoms in total. The number of aromatic nitrogens is 4. The van der Waals surface area contributed by atoms with Gasteiger partial charge in [-0.3, -0.25) is 4.79 Å². The van der Waals surface area contributed by atoms with Crippen LogP contribution >= 0.6 is 11.3 Å². The van der Waals surface area contributed by atoms with Crippen LogP contribution in [0.4, 0.5) is 5.69 Å². The highest BCUT2D eigenvalue weighted by Gasteiger charge is 2.17. The molecule has 0 spiro atoms. The van der Waals surface area contributed by atoms with Crippen LogP contribution in [0.3, 0.4) is 0 Å². The number of amides is 1. The van der Waals surface area contributed by atoms with Gasteiger partial charge in [-0.05, 0) is 49.6 Å². The number of nitrogens with one attached hydrogen (secondary N) is 1. The van der Waals surface area contributed by atoms with Gasteiger partial charge in [-0.15, -0.1) is 16.4 Å². The number of hydrogen-bond acceptors (Lipinski definition) is 5. The van der Waals surface area contributed by atoms with Crippen LogP contribution in [0.25, 0.3) is 27.0 Å². The van der Waals surface area contributed by atoms with Crippen LogP contribution in [-0.4, -0.2) is 25.1 Å². The zero-order chi connectivity index (χ0) is 22.4. The Balaban J connectivity index is 1.48. The van der Waals surface area contributed by atoms with Crippen molar-refractivity contribution in [3.05, 3.63) is 81.3 Å². The number of benzene rings is 2. The Morgan fingerprint density at radius 2 is 1.84 bits per heavy atom. The highest BCUT2D eigenvalue weighted by molar-refractivity contribution is 7.18. The average Bonchev–Trinajstić information content (AvgIpc) is 3.33. The van der Waals surface area contributed by atoms with Crippen molar-refractivity contribution in [3.63, 3.8) is 0 Å². The standard InChI is InChI=1S/C24H21N5O2S/c1-14-4-7-17(8-5-14)19-12-32-22-21(19)25-13-28-23(22)27-29(24(28)31)11-20(30)26-18-9-6-15(2)16(3)10-18/h4-10,12-13H,11H2,1-3H3,(H,26,30). The molecule has 1 N–H and O–H groups in total. The lowest BCUT2D eigenvalue weighted by molar-refractivity contribution is -0.117. The predicted molar refractivity (Wildman–Crippen MR) is 127 cm³/mol. The summed E-state index contributed by atoms with van der Waals surface area (Å²) in [5.74, 6) is -0.311. The lowest BCUT2D eigenvalue weighted by atomic mass is 10.1. The van der Waals surface area contributed by atoms with Gasteiger partial charge >= 0.3 is 5.69 Å². The molecule has 5 rings (SSSR count). The first kappa shape index (κ1) is 20.1. The normalized spacial score (nSPS) is 11.3. The number of anilines is 1. The van der Waals surface area contributed by atoms with Gasteiger partial charge < -0.3 is 5.32 Å². The molecule has 5 aromatic rings. The maximum atomic E-state index is 12.8. The van der Waals surface area contributed by atoms with Crippen LogP contribution in [0.15, 0.2) is 59.0 Å². The number of carbonyl (C=O) groups excluding carboxylic acids is 1. The summed E-state index contributed by atoms with van der Waals surface area (Å²) < 4.78 is 3.38. The molecule has 8 heteroatoms. The van der Waals surface area contributed by atoms with Crippen LogP contribution < -0.4 is 11.0 Å². The molecule has 0 atom stereocenters. The molecule has 32 heavy (non-hydrogen) atoms. The van der Waals surface area contributed by atoms with Crippen molar-refractivity contribution >= 4 is 38.8 Å². The first-order valence-corrected chi connectivity index (χ1v) is 11.1. The van der Waals surface area contributed by atoms with Crippen molar-refractivity contribution in [1.82, 2.24) is 19.2 Å². The van der Waals surface area contributed by atoms with Crippen LogP contribution in [0.1, 0.15) is 16.7 Å². The number of nitrogens with zero attached hydrogens (tertiary/aromatic N) is 4. The molecule has 160 valence electrons. The second-order valence-corrected chi connectivity index (χ2v) is 8.80. The first-order valence-electron chi connectivity index (χ1n) is 10.2. The van der Waals surface area contributed by atoms with Gasteiger partial charge in [0.1, 0.15) is 12.9 Å². The van der Waals surface area contributed by atoms with Crippen LogP contribution in [0, 0.1) is 20.8 Å². The molecule has 0 aliphatic heterocycles. The van der Waals surface area contributed by atoms with Crippen molar-refractivity contribution in [2.75, 3.05) is 5.32 Å². The van der Waals surface area contributed by atoms with Gasteiger partial charge in [0, 0.05) is 16.6 Å². The minimum atomic E-state index is -0.394. The monoisotopic (exact) mass is 443 g/mol. The lowest BCUT2D eigenvalue weighted by Gasteiger charge is -2.07. The molecular weight excluding hydrogens is 422 g/mol. The Kier molecular flexibility index (Phi) is 4.86. The van der Waals surface area contributed by atoms with E-state index in [0.717, 1.165) is 32.5 Å². The van der Waals surface area contributed by atoms with Gasteiger partial charge in [-0.2, -0.15) is 0 Å². The van der Waals surface area contributed by atoms with Gasteiger partial charge in [-0.25, -0.2) is 18.9 Å². The maximum absolute atomic E-state index is 12.8.